The third-order valence-corrected chi connectivity index (χ3v) is 8.23. The fourth-order valence-electron chi connectivity index (χ4n) is 5.91. The van der Waals surface area contributed by atoms with E-state index < -0.39 is 17.5 Å². The monoisotopic (exact) mass is 838 g/mol. The van der Waals surface area contributed by atoms with Crippen LogP contribution in [0.15, 0.2) is 37.1 Å². The van der Waals surface area contributed by atoms with Gasteiger partial charge in [-0.15, -0.1) is 12.4 Å². The molecule has 0 aliphatic heterocycles. The number of esters is 3. The van der Waals surface area contributed by atoms with Gasteiger partial charge in [0, 0.05) is 66.2 Å². The van der Waals surface area contributed by atoms with E-state index in [1.54, 1.807) is 121 Å². The molecule has 0 saturated heterocycles. The molecule has 0 bridgehead atoms. The van der Waals surface area contributed by atoms with Crippen LogP contribution in [-0.2, 0) is 79.9 Å². The molecule has 0 radical (unpaired) electrons. The minimum Gasteiger partial charge on any atom is -0.460 e. The van der Waals surface area contributed by atoms with Crippen molar-refractivity contribution in [2.75, 3.05) is 18.9 Å². The van der Waals surface area contributed by atoms with Crippen LogP contribution in [0.1, 0.15) is 110 Å². The fourth-order valence-corrected chi connectivity index (χ4v) is 5.91. The largest absolute Gasteiger partial charge is 0.460 e. The lowest BCUT2D eigenvalue weighted by molar-refractivity contribution is -0.153. The number of nitrogens with zero attached hydrogens (tertiary/aromatic N) is 9. The van der Waals surface area contributed by atoms with Crippen molar-refractivity contribution in [1.29, 1.82) is 0 Å². The predicted octanol–water partition coefficient (Wildman–Crippen LogP) is 3.16. The van der Waals surface area contributed by atoms with Crippen molar-refractivity contribution in [3.05, 3.63) is 88.7 Å². The van der Waals surface area contributed by atoms with Crippen LogP contribution < -0.4 is 5.73 Å². The highest BCUT2D eigenvalue weighted by Crippen LogP contribution is 2.16. The van der Waals surface area contributed by atoms with Gasteiger partial charge in [0.15, 0.2) is 17.4 Å². The summed E-state index contributed by atoms with van der Waals surface area (Å²) >= 11 is 0. The second-order valence-electron chi connectivity index (χ2n) is 14.4. The molecular weight excluding hydrogens is 788 g/mol. The van der Waals surface area contributed by atoms with E-state index in [-0.39, 0.29) is 104 Å². The maximum Gasteiger partial charge on any atom is 0.374 e. The van der Waals surface area contributed by atoms with E-state index in [1.165, 1.54) is 9.13 Å². The number of rotatable bonds is 15. The minimum absolute atomic E-state index is 0. The number of hydrogen-bond acceptors (Lipinski definition) is 14. The summed E-state index contributed by atoms with van der Waals surface area (Å²) < 4.78 is 23.1. The first kappa shape index (κ1) is 47.0. The number of ketones is 3. The Kier molecular flexibility index (Phi) is 15.8. The summed E-state index contributed by atoms with van der Waals surface area (Å²) in [5, 5.41) is 0. The first-order chi connectivity index (χ1) is 27.2. The molecule has 318 valence electrons. The van der Waals surface area contributed by atoms with Crippen LogP contribution in [0, 0.1) is 0 Å². The van der Waals surface area contributed by atoms with Gasteiger partial charge in [0.2, 0.25) is 23.2 Å². The van der Waals surface area contributed by atoms with Gasteiger partial charge in [-0.2, -0.15) is 0 Å². The summed E-state index contributed by atoms with van der Waals surface area (Å²) in [7, 11) is 8.43. The number of anilines is 1. The SMILES string of the molecule is CCOC(=O)c1nc(CC(=O)c2nc(CC(=O)c3cc(CC(=O)OC(C)(C)C)cn3C)cn2C)cn1C.CCOC(=O)c1nc(CC(=O)c2nc(N)cn2C)cn1C.Cl. The molecule has 0 saturated carbocycles. The Balaban J connectivity index is 0.000000359. The zero-order valence-corrected chi connectivity index (χ0v) is 35.7. The van der Waals surface area contributed by atoms with E-state index in [0.717, 1.165) is 0 Å². The van der Waals surface area contributed by atoms with E-state index in [4.69, 9.17) is 19.9 Å². The van der Waals surface area contributed by atoms with Gasteiger partial charge in [-0.05, 0) is 46.2 Å². The zero-order chi connectivity index (χ0) is 43.1. The lowest BCUT2D eigenvalue weighted by atomic mass is 10.1. The Morgan fingerprint density at radius 2 is 0.983 bits per heavy atom. The highest BCUT2D eigenvalue weighted by molar-refractivity contribution is 5.98. The standard InChI is InChI=1S/C26H33N5O6.C13H17N5O3.ClH/c1-8-36-25(35)24-28-18(15-31(24)7)12-21(33)23-27-17(14-30(23)6)11-20(32)19-9-16(13-29(19)5)10-22(34)37-26(2,3)4;1-4-21-13(20)12-15-8(6-17(12)2)5-9(19)11-16-10(14)7-18(11)3;/h9,13-15H,8,10-12H2,1-7H3;6-7H,4-5,14H2,1-3H3;1H. The molecule has 19 nitrogen and oxygen atoms in total. The van der Waals surface area contributed by atoms with Crippen LogP contribution >= 0.6 is 12.4 Å². The van der Waals surface area contributed by atoms with E-state index >= 15 is 0 Å². The van der Waals surface area contributed by atoms with E-state index in [2.05, 4.69) is 19.9 Å². The van der Waals surface area contributed by atoms with Crippen molar-refractivity contribution in [3.8, 4) is 0 Å². The molecule has 0 amide bonds. The van der Waals surface area contributed by atoms with E-state index in [0.29, 0.717) is 28.3 Å². The normalized spacial score (nSPS) is 10.9. The topological polar surface area (TPSA) is 232 Å². The lowest BCUT2D eigenvalue weighted by Gasteiger charge is -2.19. The fraction of sp³-hybridized carbons (Fsp3) is 0.436. The average Bonchev–Trinajstić information content (AvgIpc) is 3.92. The van der Waals surface area contributed by atoms with Gasteiger partial charge >= 0.3 is 17.9 Å². The number of Topliss-reactive ketones (excluding diaryl/α,β-unsaturated/α-hetero) is 3. The summed E-state index contributed by atoms with van der Waals surface area (Å²) in [5.41, 5.74) is 7.40. The highest BCUT2D eigenvalue weighted by atomic mass is 35.5. The van der Waals surface area contributed by atoms with Gasteiger partial charge in [-0.25, -0.2) is 29.5 Å². The van der Waals surface area contributed by atoms with Crippen molar-refractivity contribution < 1.29 is 43.0 Å². The predicted molar refractivity (Wildman–Crippen MR) is 215 cm³/mol. The number of aryl methyl sites for hydroxylation is 5. The summed E-state index contributed by atoms with van der Waals surface area (Å²) in [6.07, 6.45) is 8.18. The van der Waals surface area contributed by atoms with Crippen LogP contribution in [0.25, 0.3) is 0 Å². The van der Waals surface area contributed by atoms with Gasteiger partial charge < -0.3 is 42.8 Å². The summed E-state index contributed by atoms with van der Waals surface area (Å²) in [5.74, 6) is -1.14. The molecule has 2 N–H and O–H groups in total. The molecule has 59 heavy (non-hydrogen) atoms. The molecule has 0 unspecified atom stereocenters. The lowest BCUT2D eigenvalue weighted by Crippen LogP contribution is -2.24. The maximum absolute atomic E-state index is 13.0. The second-order valence-corrected chi connectivity index (χ2v) is 14.4. The number of nitrogen functional groups attached to an aromatic ring is 1. The van der Waals surface area contributed by atoms with Crippen molar-refractivity contribution in [2.45, 2.75) is 65.9 Å². The molecule has 5 aromatic rings. The number of imidazole rings is 4. The Morgan fingerprint density at radius 1 is 0.576 bits per heavy atom. The van der Waals surface area contributed by atoms with Gasteiger partial charge in [0.1, 0.15) is 11.4 Å². The van der Waals surface area contributed by atoms with Crippen molar-refractivity contribution in [3.63, 3.8) is 0 Å². The summed E-state index contributed by atoms with van der Waals surface area (Å²) in [6, 6.07) is 1.67. The Hall–Kier alpha value is -6.37. The first-order valence-corrected chi connectivity index (χ1v) is 18.4. The van der Waals surface area contributed by atoms with E-state index in [1.807, 2.05) is 0 Å². The Labute approximate surface area is 347 Å². The quantitative estimate of drug-likeness (QED) is 0.0907. The van der Waals surface area contributed by atoms with Crippen molar-refractivity contribution >= 4 is 53.5 Å². The Morgan fingerprint density at radius 3 is 1.41 bits per heavy atom. The van der Waals surface area contributed by atoms with Crippen LogP contribution in [0.5, 0.6) is 0 Å². The molecule has 5 heterocycles. The number of halogens is 1. The van der Waals surface area contributed by atoms with Crippen molar-refractivity contribution in [1.82, 2.24) is 42.8 Å². The average molecular weight is 839 g/mol. The number of carbonyl (C=O) groups is 6. The van der Waals surface area contributed by atoms with Gasteiger partial charge in [-0.1, -0.05) is 0 Å². The number of nitrogens with two attached hydrogens (primary N) is 1. The molecule has 0 fully saturated rings. The molecule has 0 aliphatic carbocycles. The van der Waals surface area contributed by atoms with Crippen LogP contribution in [0.3, 0.4) is 0 Å². The number of carbonyl (C=O) groups excluding carboxylic acids is 6. The minimum atomic E-state index is -0.585. The third kappa shape index (κ3) is 12.6. The van der Waals surface area contributed by atoms with Crippen LogP contribution in [-0.4, -0.2) is 96.8 Å². The van der Waals surface area contributed by atoms with Gasteiger partial charge in [0.25, 0.3) is 0 Å². The molecule has 0 aromatic carbocycles. The Bertz CT molecular complexity index is 2340. The molecular formula is C39H51ClN10O9. The smallest absolute Gasteiger partial charge is 0.374 e. The van der Waals surface area contributed by atoms with Gasteiger partial charge in [0.05, 0.1) is 61.7 Å². The first-order valence-electron chi connectivity index (χ1n) is 18.4. The van der Waals surface area contributed by atoms with E-state index in [9.17, 15) is 28.8 Å². The summed E-state index contributed by atoms with van der Waals surface area (Å²) in [6.45, 7) is 9.32. The molecule has 20 heteroatoms. The molecule has 0 spiro atoms. The highest BCUT2D eigenvalue weighted by Gasteiger charge is 2.23. The van der Waals surface area contributed by atoms with Crippen LogP contribution in [0.2, 0.25) is 0 Å². The number of ether oxygens (including phenoxy) is 3. The number of hydrogen-bond donors (Lipinski definition) is 1. The van der Waals surface area contributed by atoms with Gasteiger partial charge in [-0.3, -0.25) is 19.2 Å². The summed E-state index contributed by atoms with van der Waals surface area (Å²) in [4.78, 5) is 90.5. The molecule has 5 aromatic heterocycles. The maximum atomic E-state index is 13.0. The third-order valence-electron chi connectivity index (χ3n) is 8.23. The zero-order valence-electron chi connectivity index (χ0n) is 34.9. The van der Waals surface area contributed by atoms with Crippen molar-refractivity contribution in [2.24, 2.45) is 35.2 Å². The number of aromatic nitrogens is 9. The molecule has 0 aliphatic rings. The molecule has 0 atom stereocenters. The van der Waals surface area contributed by atoms with Crippen LogP contribution in [0.4, 0.5) is 5.82 Å². The molecule has 5 rings (SSSR count). The second kappa shape index (κ2) is 19.9.